The van der Waals surface area contributed by atoms with Gasteiger partial charge in [-0.25, -0.2) is 4.99 Å². The van der Waals surface area contributed by atoms with Crippen LogP contribution in [0.2, 0.25) is 0 Å². The second-order valence-corrected chi connectivity index (χ2v) is 7.48. The van der Waals surface area contributed by atoms with E-state index in [1.54, 1.807) is 0 Å². The van der Waals surface area contributed by atoms with Crippen molar-refractivity contribution >= 4 is 34.1 Å². The Morgan fingerprint density at radius 2 is 1.30 bits per heavy atom. The first-order valence-electron chi connectivity index (χ1n) is 10.2. The van der Waals surface area contributed by atoms with Crippen molar-refractivity contribution in [2.45, 2.75) is 13.0 Å². The summed E-state index contributed by atoms with van der Waals surface area (Å²) in [5.74, 6) is 0. The van der Waals surface area contributed by atoms with Gasteiger partial charge in [-0.3, -0.25) is 0 Å². The highest BCUT2D eigenvalue weighted by molar-refractivity contribution is 6.01. The number of aryl methyl sites for hydroxylation is 1. The Morgan fingerprint density at radius 3 is 1.90 bits per heavy atom. The molecule has 0 fully saturated rings. The Bertz CT molecular complexity index is 1040. The molecule has 0 aliphatic heterocycles. The van der Waals surface area contributed by atoms with Gasteiger partial charge in [0.25, 0.3) is 0 Å². The minimum atomic E-state index is 0.319. The van der Waals surface area contributed by atoms with Crippen molar-refractivity contribution in [1.82, 2.24) is 0 Å². The molecule has 3 aromatic carbocycles. The van der Waals surface area contributed by atoms with Gasteiger partial charge in [-0.05, 0) is 67.6 Å². The van der Waals surface area contributed by atoms with Gasteiger partial charge in [-0.2, -0.15) is 0 Å². The van der Waals surface area contributed by atoms with Gasteiger partial charge in [-0.1, -0.05) is 17.7 Å². The number of allylic oxidation sites excluding steroid dienone is 2. The van der Waals surface area contributed by atoms with E-state index in [-0.39, 0.29) is 0 Å². The van der Waals surface area contributed by atoms with E-state index in [4.69, 9.17) is 0 Å². The molecule has 30 heavy (non-hydrogen) atoms. The molecule has 0 saturated carbocycles. The quantitative estimate of drug-likeness (QED) is 0.483. The van der Waals surface area contributed by atoms with Crippen LogP contribution in [-0.4, -0.2) is 18.8 Å². The molecule has 0 radical (unpaired) electrons. The summed E-state index contributed by atoms with van der Waals surface area (Å²) in [5, 5.41) is 8.82. The van der Waals surface area contributed by atoms with Crippen molar-refractivity contribution < 1.29 is 10.3 Å². The molecule has 0 amide bonds. The molecule has 1 aliphatic rings. The Morgan fingerprint density at radius 1 is 0.733 bits per heavy atom. The summed E-state index contributed by atoms with van der Waals surface area (Å²) in [7, 11) is 1.92. The van der Waals surface area contributed by atoms with Gasteiger partial charge >= 0.3 is 0 Å². The smallest absolute Gasteiger partial charge is 0.204 e. The second kappa shape index (κ2) is 9.25. The molecule has 0 aromatic heterocycles. The maximum Gasteiger partial charge on any atom is 0.204 e. The molecule has 0 unspecified atom stereocenters. The summed E-state index contributed by atoms with van der Waals surface area (Å²) in [6.45, 7) is 2.11. The predicted molar refractivity (Wildman–Crippen MR) is 126 cm³/mol. The van der Waals surface area contributed by atoms with Crippen LogP contribution in [0.4, 0.5) is 28.4 Å². The molecule has 3 aromatic rings. The molecular formula is C26H28N4+2. The van der Waals surface area contributed by atoms with Crippen molar-refractivity contribution in [1.29, 1.82) is 0 Å². The molecule has 0 bridgehead atoms. The van der Waals surface area contributed by atoms with Crippen LogP contribution in [0, 0.1) is 6.92 Å². The normalized spacial score (nSPS) is 15.1. The van der Waals surface area contributed by atoms with Crippen LogP contribution < -0.4 is 20.9 Å². The third kappa shape index (κ3) is 5.25. The van der Waals surface area contributed by atoms with Gasteiger partial charge in [0.05, 0.1) is 0 Å². The summed E-state index contributed by atoms with van der Waals surface area (Å²) in [4.78, 5) is 3.47. The van der Waals surface area contributed by atoms with Gasteiger partial charge in [0.1, 0.15) is 11.7 Å². The van der Waals surface area contributed by atoms with Crippen molar-refractivity contribution in [3.05, 3.63) is 103 Å². The van der Waals surface area contributed by atoms with Crippen LogP contribution in [-0.2, 0) is 0 Å². The molecule has 1 aliphatic carbocycles. The van der Waals surface area contributed by atoms with Gasteiger partial charge in [-0.15, -0.1) is 0 Å². The largest absolute Gasteiger partial charge is 0.388 e. The van der Waals surface area contributed by atoms with Crippen molar-refractivity contribution in [2.24, 2.45) is 0 Å². The van der Waals surface area contributed by atoms with Gasteiger partial charge in [0.2, 0.25) is 11.4 Å². The van der Waals surface area contributed by atoms with Crippen LogP contribution >= 0.6 is 0 Å². The lowest BCUT2D eigenvalue weighted by Crippen LogP contribution is -2.83. The average molecular weight is 397 g/mol. The summed E-state index contributed by atoms with van der Waals surface area (Å²) in [6.07, 6.45) is 8.72. The second-order valence-electron chi connectivity index (χ2n) is 7.48. The highest BCUT2D eigenvalue weighted by Crippen LogP contribution is 2.19. The van der Waals surface area contributed by atoms with Crippen molar-refractivity contribution in [2.75, 3.05) is 17.7 Å². The number of hydrogen-bond acceptors (Lipinski definition) is 2. The fourth-order valence-corrected chi connectivity index (χ4v) is 3.33. The molecule has 0 atom stereocenters. The standard InChI is InChI=1S/C26H26N4/c1-19-3-5-21(6-4-19)28-23-11-13-25(14-12-23)30-26-17-15-24(16-18-26)29-22-9-7-20(27-2)8-10-22/h3-18,23,27-29H,1-2H3/p+2. The van der Waals surface area contributed by atoms with Gasteiger partial charge in [0.15, 0.2) is 0 Å². The molecule has 0 heterocycles. The van der Waals surface area contributed by atoms with E-state index in [1.807, 2.05) is 7.05 Å². The Hall–Kier alpha value is -3.63. The fourth-order valence-electron chi connectivity index (χ4n) is 3.33. The van der Waals surface area contributed by atoms with E-state index in [0.29, 0.717) is 6.04 Å². The van der Waals surface area contributed by atoms with Crippen LogP contribution in [0.5, 0.6) is 0 Å². The highest BCUT2D eigenvalue weighted by atomic mass is 14.9. The van der Waals surface area contributed by atoms with E-state index in [1.165, 1.54) is 11.3 Å². The molecule has 150 valence electrons. The summed E-state index contributed by atoms with van der Waals surface area (Å²) in [5.41, 5.74) is 7.92. The molecule has 4 nitrogen and oxygen atoms in total. The molecule has 0 saturated heterocycles. The minimum absolute atomic E-state index is 0.319. The van der Waals surface area contributed by atoms with E-state index < -0.39 is 0 Å². The highest BCUT2D eigenvalue weighted by Gasteiger charge is 2.12. The van der Waals surface area contributed by atoms with Crippen molar-refractivity contribution in [3.8, 4) is 0 Å². The third-order valence-corrected chi connectivity index (χ3v) is 5.09. The number of anilines is 3. The summed E-state index contributed by atoms with van der Waals surface area (Å²) >= 11 is 0. The lowest BCUT2D eigenvalue weighted by Gasteiger charge is -2.09. The van der Waals surface area contributed by atoms with Gasteiger partial charge in [0, 0.05) is 48.4 Å². The first-order chi connectivity index (χ1) is 14.7. The number of benzene rings is 3. The van der Waals surface area contributed by atoms with Gasteiger partial charge < -0.3 is 16.0 Å². The lowest BCUT2D eigenvalue weighted by molar-refractivity contribution is -0.587. The monoisotopic (exact) mass is 396 g/mol. The van der Waals surface area contributed by atoms with Crippen molar-refractivity contribution in [3.63, 3.8) is 0 Å². The predicted octanol–water partition coefficient (Wildman–Crippen LogP) is 3.32. The summed E-state index contributed by atoms with van der Waals surface area (Å²) in [6, 6.07) is 25.5. The van der Waals surface area contributed by atoms with Crippen LogP contribution in [0.25, 0.3) is 0 Å². The number of quaternary nitrogens is 1. The molecule has 4 heteroatoms. The molecule has 4 rings (SSSR count). The number of rotatable bonds is 6. The fraction of sp³-hybridized carbons (Fsp3) is 0.115. The van der Waals surface area contributed by atoms with E-state index in [0.717, 1.165) is 28.5 Å². The molecular weight excluding hydrogens is 368 g/mol. The Balaban J connectivity index is 1.35. The number of nitrogens with two attached hydrogens (primary N) is 1. The Kier molecular flexibility index (Phi) is 6.06. The van der Waals surface area contributed by atoms with E-state index >= 15 is 0 Å². The Labute approximate surface area is 178 Å². The maximum atomic E-state index is 3.47. The zero-order valence-corrected chi connectivity index (χ0v) is 17.4. The topological polar surface area (TPSA) is 54.6 Å². The zero-order chi connectivity index (χ0) is 20.8. The van der Waals surface area contributed by atoms with Crippen LogP contribution in [0.1, 0.15) is 5.56 Å². The van der Waals surface area contributed by atoms with Crippen LogP contribution in [0.3, 0.4) is 0 Å². The molecule has 0 spiro atoms. The SMILES string of the molecule is CNc1ccc(Nc2ccc([NH+]=C3C=CC([NH2+]c4ccc(C)cc4)C=C3)cc2)cc1. The zero-order valence-electron chi connectivity index (χ0n) is 17.4. The first-order valence-corrected chi connectivity index (χ1v) is 10.2. The average Bonchev–Trinajstić information content (AvgIpc) is 2.78. The van der Waals surface area contributed by atoms with Crippen LogP contribution in [0.15, 0.2) is 97.1 Å². The van der Waals surface area contributed by atoms with E-state index in [2.05, 4.69) is 125 Å². The first kappa shape index (κ1) is 19.7. The number of nitrogens with one attached hydrogen (secondary N) is 3. The minimum Gasteiger partial charge on any atom is -0.388 e. The lowest BCUT2D eigenvalue weighted by atomic mass is 10.1. The molecule has 5 N–H and O–H groups in total. The summed E-state index contributed by atoms with van der Waals surface area (Å²) < 4.78 is 0. The third-order valence-electron chi connectivity index (χ3n) is 5.09. The number of hydrogen-bond donors (Lipinski definition) is 4. The van der Waals surface area contributed by atoms with E-state index in [9.17, 15) is 0 Å². The maximum absolute atomic E-state index is 3.47.